The lowest BCUT2D eigenvalue weighted by Gasteiger charge is -2.29. The van der Waals surface area contributed by atoms with Crippen molar-refractivity contribution in [1.29, 1.82) is 0 Å². The number of benzene rings is 1. The minimum Gasteiger partial charge on any atom is -0.338 e. The molecule has 0 aliphatic carbocycles. The Morgan fingerprint density at radius 2 is 2.15 bits per heavy atom. The molecule has 1 aromatic carbocycles. The van der Waals surface area contributed by atoms with Gasteiger partial charge in [-0.25, -0.2) is 0 Å². The molecule has 1 aliphatic heterocycles. The molecular weight excluding hydrogens is 250 g/mol. The van der Waals surface area contributed by atoms with Crippen molar-refractivity contribution >= 4 is 5.95 Å². The van der Waals surface area contributed by atoms with Gasteiger partial charge in [-0.15, -0.1) is 5.10 Å². The molecule has 2 atom stereocenters. The highest BCUT2D eigenvalue weighted by atomic mass is 15.4. The first kappa shape index (κ1) is 13.1. The van der Waals surface area contributed by atoms with Crippen molar-refractivity contribution in [2.45, 2.75) is 31.7 Å². The topological polar surface area (TPSA) is 70.8 Å². The van der Waals surface area contributed by atoms with Gasteiger partial charge in [0, 0.05) is 25.0 Å². The van der Waals surface area contributed by atoms with Crippen molar-refractivity contribution < 1.29 is 0 Å². The second kappa shape index (κ2) is 5.63. The summed E-state index contributed by atoms with van der Waals surface area (Å²) in [5, 5.41) is 7.43. The minimum atomic E-state index is 0.218. The van der Waals surface area contributed by atoms with Gasteiger partial charge in [-0.1, -0.05) is 37.3 Å². The monoisotopic (exact) mass is 271 g/mol. The first-order chi connectivity index (χ1) is 9.74. The molecule has 1 fully saturated rings. The molecule has 0 saturated carbocycles. The van der Waals surface area contributed by atoms with Gasteiger partial charge in [0.05, 0.1) is 0 Å². The van der Waals surface area contributed by atoms with E-state index in [1.54, 1.807) is 0 Å². The van der Waals surface area contributed by atoms with E-state index < -0.39 is 0 Å². The summed E-state index contributed by atoms with van der Waals surface area (Å²) in [6.07, 6.45) is 2.20. The highest BCUT2D eigenvalue weighted by molar-refractivity contribution is 5.33. The quantitative estimate of drug-likeness (QED) is 0.894. The van der Waals surface area contributed by atoms with Gasteiger partial charge < -0.3 is 10.6 Å². The lowest BCUT2D eigenvalue weighted by Crippen LogP contribution is -2.43. The minimum absolute atomic E-state index is 0.218. The Morgan fingerprint density at radius 1 is 1.35 bits per heavy atom. The van der Waals surface area contributed by atoms with E-state index in [-0.39, 0.29) is 12.0 Å². The van der Waals surface area contributed by atoms with Crippen molar-refractivity contribution in [1.82, 2.24) is 15.2 Å². The largest absolute Gasteiger partial charge is 0.338 e. The zero-order chi connectivity index (χ0) is 13.9. The Balaban J connectivity index is 1.76. The van der Waals surface area contributed by atoms with Crippen LogP contribution in [0, 0.1) is 0 Å². The molecule has 1 aliphatic rings. The SMILES string of the molecule is CC(c1ccccc1)c1nc(N2CCCC(N)C2)n[nH]1. The van der Waals surface area contributed by atoms with E-state index in [1.807, 2.05) is 18.2 Å². The number of hydrogen-bond donors (Lipinski definition) is 2. The van der Waals surface area contributed by atoms with Crippen LogP contribution in [0.25, 0.3) is 0 Å². The van der Waals surface area contributed by atoms with Crippen molar-refractivity contribution in [2.75, 3.05) is 18.0 Å². The Bertz CT molecular complexity index is 550. The summed E-state index contributed by atoms with van der Waals surface area (Å²) in [6, 6.07) is 10.6. The van der Waals surface area contributed by atoms with E-state index in [0.717, 1.165) is 37.7 Å². The maximum Gasteiger partial charge on any atom is 0.244 e. The Morgan fingerprint density at radius 3 is 2.90 bits per heavy atom. The lowest BCUT2D eigenvalue weighted by atomic mass is 10.0. The van der Waals surface area contributed by atoms with Crippen molar-refractivity contribution in [2.24, 2.45) is 5.73 Å². The van der Waals surface area contributed by atoms with Gasteiger partial charge in [0.15, 0.2) is 0 Å². The van der Waals surface area contributed by atoms with E-state index in [4.69, 9.17) is 5.73 Å². The Kier molecular flexibility index (Phi) is 3.69. The Hall–Kier alpha value is -1.88. The molecule has 3 N–H and O–H groups in total. The van der Waals surface area contributed by atoms with E-state index in [9.17, 15) is 0 Å². The summed E-state index contributed by atoms with van der Waals surface area (Å²) in [5.74, 6) is 1.90. The number of piperidine rings is 1. The highest BCUT2D eigenvalue weighted by Crippen LogP contribution is 2.23. The fourth-order valence-corrected chi connectivity index (χ4v) is 2.69. The predicted octanol–water partition coefficient (Wildman–Crippen LogP) is 1.88. The normalized spacial score (nSPS) is 20.9. The number of aromatic amines is 1. The van der Waals surface area contributed by atoms with Gasteiger partial charge in [0.1, 0.15) is 5.82 Å². The molecule has 2 aromatic rings. The number of nitrogens with one attached hydrogen (secondary N) is 1. The fourth-order valence-electron chi connectivity index (χ4n) is 2.69. The summed E-state index contributed by atoms with van der Waals surface area (Å²) < 4.78 is 0. The van der Waals surface area contributed by atoms with Crippen LogP contribution in [0.2, 0.25) is 0 Å². The molecule has 2 heterocycles. The van der Waals surface area contributed by atoms with E-state index in [0.29, 0.717) is 0 Å². The van der Waals surface area contributed by atoms with Gasteiger partial charge in [0.25, 0.3) is 0 Å². The van der Waals surface area contributed by atoms with E-state index in [2.05, 4.69) is 39.1 Å². The number of nitrogens with zero attached hydrogens (tertiary/aromatic N) is 3. The van der Waals surface area contributed by atoms with Gasteiger partial charge in [0.2, 0.25) is 5.95 Å². The molecule has 0 bridgehead atoms. The maximum absolute atomic E-state index is 6.01. The van der Waals surface area contributed by atoms with Crippen LogP contribution in [0.1, 0.15) is 37.1 Å². The second-order valence-corrected chi connectivity index (χ2v) is 5.50. The molecular formula is C15H21N5. The number of H-pyrrole nitrogens is 1. The average molecular weight is 271 g/mol. The lowest BCUT2D eigenvalue weighted by molar-refractivity contribution is 0.500. The molecule has 0 radical (unpaired) electrons. The summed E-state index contributed by atoms with van der Waals surface area (Å²) in [6.45, 7) is 3.98. The van der Waals surface area contributed by atoms with Crippen LogP contribution < -0.4 is 10.6 Å². The molecule has 5 heteroatoms. The third kappa shape index (κ3) is 2.67. The summed E-state index contributed by atoms with van der Waals surface area (Å²) in [4.78, 5) is 6.82. The standard InChI is InChI=1S/C15H21N5/c1-11(12-6-3-2-4-7-12)14-17-15(19-18-14)20-9-5-8-13(16)10-20/h2-4,6-7,11,13H,5,8-10,16H2,1H3,(H,17,18,19). The van der Waals surface area contributed by atoms with Crippen LogP contribution in [-0.2, 0) is 0 Å². The third-order valence-corrected chi connectivity index (χ3v) is 3.94. The molecule has 1 aromatic heterocycles. The zero-order valence-corrected chi connectivity index (χ0v) is 11.8. The van der Waals surface area contributed by atoms with Crippen LogP contribution in [0.5, 0.6) is 0 Å². The number of aromatic nitrogens is 3. The molecule has 106 valence electrons. The van der Waals surface area contributed by atoms with Crippen LogP contribution in [0.4, 0.5) is 5.95 Å². The molecule has 0 amide bonds. The zero-order valence-electron chi connectivity index (χ0n) is 11.8. The summed E-state index contributed by atoms with van der Waals surface area (Å²) in [5.41, 5.74) is 7.25. The van der Waals surface area contributed by atoms with Gasteiger partial charge in [-0.2, -0.15) is 4.98 Å². The molecule has 5 nitrogen and oxygen atoms in total. The summed E-state index contributed by atoms with van der Waals surface area (Å²) in [7, 11) is 0. The molecule has 20 heavy (non-hydrogen) atoms. The van der Waals surface area contributed by atoms with Crippen LogP contribution in [0.3, 0.4) is 0 Å². The molecule has 3 rings (SSSR count). The van der Waals surface area contributed by atoms with Crippen molar-refractivity contribution in [3.63, 3.8) is 0 Å². The molecule has 1 saturated heterocycles. The maximum atomic E-state index is 6.01. The number of rotatable bonds is 3. The smallest absolute Gasteiger partial charge is 0.244 e. The molecule has 0 spiro atoms. The number of nitrogens with two attached hydrogens (primary N) is 1. The predicted molar refractivity (Wildman–Crippen MR) is 79.8 cm³/mol. The first-order valence-corrected chi connectivity index (χ1v) is 7.22. The van der Waals surface area contributed by atoms with Gasteiger partial charge >= 0.3 is 0 Å². The average Bonchev–Trinajstić information content (AvgIpc) is 2.97. The van der Waals surface area contributed by atoms with Gasteiger partial charge in [-0.05, 0) is 18.4 Å². The van der Waals surface area contributed by atoms with Crippen molar-refractivity contribution in [3.8, 4) is 0 Å². The van der Waals surface area contributed by atoms with E-state index >= 15 is 0 Å². The third-order valence-electron chi connectivity index (χ3n) is 3.94. The van der Waals surface area contributed by atoms with Crippen LogP contribution >= 0.6 is 0 Å². The fraction of sp³-hybridized carbons (Fsp3) is 0.467. The first-order valence-electron chi connectivity index (χ1n) is 7.22. The Labute approximate surface area is 119 Å². The van der Waals surface area contributed by atoms with E-state index in [1.165, 1.54) is 5.56 Å². The van der Waals surface area contributed by atoms with Crippen molar-refractivity contribution in [3.05, 3.63) is 41.7 Å². The van der Waals surface area contributed by atoms with Crippen LogP contribution in [-0.4, -0.2) is 34.3 Å². The number of hydrogen-bond acceptors (Lipinski definition) is 4. The highest BCUT2D eigenvalue weighted by Gasteiger charge is 2.21. The second-order valence-electron chi connectivity index (χ2n) is 5.50. The van der Waals surface area contributed by atoms with Crippen LogP contribution in [0.15, 0.2) is 30.3 Å². The summed E-state index contributed by atoms with van der Waals surface area (Å²) >= 11 is 0. The van der Waals surface area contributed by atoms with Gasteiger partial charge in [-0.3, -0.25) is 5.10 Å². The number of anilines is 1. The molecule has 2 unspecified atom stereocenters.